The van der Waals surface area contributed by atoms with E-state index in [0.717, 1.165) is 0 Å². The highest BCUT2D eigenvalue weighted by Gasteiger charge is 2.18. The first-order chi connectivity index (χ1) is 3.12. The Morgan fingerprint density at radius 3 is 1.71 bits per heavy atom. The maximum atomic E-state index is 5.78. The quantitative estimate of drug-likeness (QED) is 0.511. The fourth-order valence-corrected chi connectivity index (χ4v) is 0.224. The minimum atomic E-state index is -1.40. The first-order valence-corrected chi connectivity index (χ1v) is 5.23. The first-order valence-electron chi connectivity index (χ1n) is 1.95. The number of halogens is 1. The highest BCUT2D eigenvalue weighted by Crippen LogP contribution is 2.62. The second-order valence-electron chi connectivity index (χ2n) is 1.39. The van der Waals surface area contributed by atoms with E-state index < -0.39 is 6.62 Å². The monoisotopic (exact) mass is 135 g/mol. The molecular formula is C5H9ClP+. The number of hydrogen-bond donors (Lipinski definition) is 0. The van der Waals surface area contributed by atoms with Crippen molar-refractivity contribution in [3.63, 3.8) is 0 Å². The lowest BCUT2D eigenvalue weighted by molar-refractivity contribution is 2.26. The summed E-state index contributed by atoms with van der Waals surface area (Å²) in [7, 11) is 0. The van der Waals surface area contributed by atoms with Gasteiger partial charge in [-0.05, 0) is 0 Å². The molecule has 0 aliphatic heterocycles. The Bertz CT molecular complexity index is 76.1. The van der Waals surface area contributed by atoms with Gasteiger partial charge < -0.3 is 0 Å². The summed E-state index contributed by atoms with van der Waals surface area (Å²) in [5.41, 5.74) is 0. The molecule has 0 heterocycles. The van der Waals surface area contributed by atoms with Gasteiger partial charge in [0.15, 0.2) is 6.62 Å². The normalized spacial score (nSPS) is 10.6. The van der Waals surface area contributed by atoms with Crippen molar-refractivity contribution in [2.45, 2.75) is 0 Å². The molecule has 0 N–H and O–H groups in total. The van der Waals surface area contributed by atoms with Crippen LogP contribution < -0.4 is 0 Å². The van der Waals surface area contributed by atoms with E-state index in [1.807, 2.05) is 6.66 Å². The molecule has 0 unspecified atom stereocenters. The lowest BCUT2D eigenvalue weighted by Gasteiger charge is -1.95. The molecule has 0 aliphatic rings. The van der Waals surface area contributed by atoms with Crippen molar-refractivity contribution in [2.75, 3.05) is 6.66 Å². The molecule has 0 nitrogen and oxygen atoms in total. The van der Waals surface area contributed by atoms with E-state index in [1.165, 1.54) is 0 Å². The Morgan fingerprint density at radius 2 is 1.71 bits per heavy atom. The summed E-state index contributed by atoms with van der Waals surface area (Å²) in [4.78, 5) is 0. The van der Waals surface area contributed by atoms with E-state index in [9.17, 15) is 0 Å². The van der Waals surface area contributed by atoms with E-state index >= 15 is 0 Å². The molecule has 0 aromatic heterocycles. The van der Waals surface area contributed by atoms with E-state index in [0.29, 0.717) is 0 Å². The lowest BCUT2D eigenvalue weighted by atomic mass is 11.2. The fourth-order valence-electron chi connectivity index (χ4n) is 0.0745. The van der Waals surface area contributed by atoms with Gasteiger partial charge in [-0.25, -0.2) is 0 Å². The van der Waals surface area contributed by atoms with Gasteiger partial charge in [-0.15, -0.1) is 0 Å². The van der Waals surface area contributed by atoms with E-state index in [1.54, 1.807) is 11.6 Å². The summed E-state index contributed by atoms with van der Waals surface area (Å²) in [6.07, 6.45) is 0. The Labute approximate surface area is 50.0 Å². The molecule has 0 aromatic rings. The summed E-state index contributed by atoms with van der Waals surface area (Å²) in [5.74, 6) is 3.50. The van der Waals surface area contributed by atoms with Crippen LogP contribution in [0.1, 0.15) is 0 Å². The van der Waals surface area contributed by atoms with Gasteiger partial charge in [-0.1, -0.05) is 13.2 Å². The Hall–Kier alpha value is 0.200. The largest absolute Gasteiger partial charge is 0.159 e. The van der Waals surface area contributed by atoms with Crippen LogP contribution in [0.15, 0.2) is 24.8 Å². The Balaban J connectivity index is 3.82. The zero-order valence-corrected chi connectivity index (χ0v) is 6.04. The number of hydrogen-bond acceptors (Lipinski definition) is 0. The van der Waals surface area contributed by atoms with Gasteiger partial charge in [-0.2, -0.15) is 0 Å². The third-order valence-electron chi connectivity index (χ3n) is 0.714. The molecule has 0 saturated heterocycles. The van der Waals surface area contributed by atoms with Gasteiger partial charge in [0.25, 0.3) is 0 Å². The van der Waals surface area contributed by atoms with Crippen molar-refractivity contribution in [2.24, 2.45) is 0 Å². The summed E-state index contributed by atoms with van der Waals surface area (Å²) >= 11 is 5.78. The molecule has 0 bridgehead atoms. The maximum Gasteiger partial charge on any atom is 0.159 e. The van der Waals surface area contributed by atoms with Crippen LogP contribution in [-0.4, -0.2) is 6.66 Å². The summed E-state index contributed by atoms with van der Waals surface area (Å²) in [5, 5.41) is 0. The SMILES string of the molecule is C=C[P+](C)(Cl)C=C. The molecule has 0 radical (unpaired) electrons. The van der Waals surface area contributed by atoms with Crippen molar-refractivity contribution in [1.82, 2.24) is 0 Å². The van der Waals surface area contributed by atoms with Crippen molar-refractivity contribution in [3.05, 3.63) is 24.8 Å². The van der Waals surface area contributed by atoms with Crippen LogP contribution in [0.4, 0.5) is 0 Å². The van der Waals surface area contributed by atoms with Gasteiger partial charge >= 0.3 is 0 Å². The predicted octanol–water partition coefficient (Wildman–Crippen LogP) is 3.07. The first kappa shape index (κ1) is 7.20. The molecule has 0 amide bonds. The van der Waals surface area contributed by atoms with Crippen molar-refractivity contribution >= 4 is 17.9 Å². The lowest BCUT2D eigenvalue weighted by Crippen LogP contribution is -1.62. The Kier molecular flexibility index (Phi) is 2.56. The van der Waals surface area contributed by atoms with Crippen LogP contribution in [-0.2, 0) is 0 Å². The molecular weight excluding hydrogens is 126 g/mol. The predicted molar refractivity (Wildman–Crippen MR) is 39.1 cm³/mol. The molecule has 40 valence electrons. The Morgan fingerprint density at radius 1 is 1.43 bits per heavy atom. The summed E-state index contributed by atoms with van der Waals surface area (Å²) < 4.78 is 0. The average molecular weight is 136 g/mol. The minimum Gasteiger partial charge on any atom is -0.0621 e. The van der Waals surface area contributed by atoms with Crippen LogP contribution in [0, 0.1) is 0 Å². The maximum absolute atomic E-state index is 5.78. The number of rotatable bonds is 2. The van der Waals surface area contributed by atoms with Crippen LogP contribution in [0.25, 0.3) is 0 Å². The van der Waals surface area contributed by atoms with Crippen LogP contribution in [0.3, 0.4) is 0 Å². The third kappa shape index (κ3) is 2.85. The second-order valence-corrected chi connectivity index (χ2v) is 6.37. The highest BCUT2D eigenvalue weighted by atomic mass is 35.7. The zero-order valence-electron chi connectivity index (χ0n) is 4.39. The second kappa shape index (κ2) is 2.49. The van der Waals surface area contributed by atoms with Crippen LogP contribution >= 0.6 is 17.9 Å². The molecule has 0 atom stereocenters. The molecule has 0 aliphatic carbocycles. The zero-order chi connectivity index (χ0) is 5.91. The van der Waals surface area contributed by atoms with Crippen molar-refractivity contribution in [3.8, 4) is 0 Å². The van der Waals surface area contributed by atoms with Crippen LogP contribution in [0.5, 0.6) is 0 Å². The smallest absolute Gasteiger partial charge is 0.0621 e. The van der Waals surface area contributed by atoms with Gasteiger partial charge in [0.1, 0.15) is 0 Å². The van der Waals surface area contributed by atoms with E-state index in [4.69, 9.17) is 11.2 Å². The summed E-state index contributed by atoms with van der Waals surface area (Å²) in [6, 6.07) is 0. The summed E-state index contributed by atoms with van der Waals surface area (Å²) in [6.45, 7) is 7.63. The van der Waals surface area contributed by atoms with E-state index in [2.05, 4.69) is 13.2 Å². The molecule has 0 saturated carbocycles. The van der Waals surface area contributed by atoms with Gasteiger partial charge in [-0.3, -0.25) is 0 Å². The van der Waals surface area contributed by atoms with Crippen molar-refractivity contribution < 1.29 is 0 Å². The van der Waals surface area contributed by atoms with E-state index in [-0.39, 0.29) is 0 Å². The van der Waals surface area contributed by atoms with Gasteiger partial charge in [0.05, 0.1) is 29.5 Å². The molecule has 0 spiro atoms. The molecule has 7 heavy (non-hydrogen) atoms. The van der Waals surface area contributed by atoms with Crippen molar-refractivity contribution in [1.29, 1.82) is 0 Å². The highest BCUT2D eigenvalue weighted by molar-refractivity contribution is 8.03. The molecule has 0 aromatic carbocycles. The third-order valence-corrected chi connectivity index (χ3v) is 2.97. The minimum absolute atomic E-state index is 1.40. The molecule has 2 heteroatoms. The van der Waals surface area contributed by atoms with Crippen LogP contribution in [0.2, 0.25) is 0 Å². The van der Waals surface area contributed by atoms with Gasteiger partial charge in [0.2, 0.25) is 0 Å². The van der Waals surface area contributed by atoms with Gasteiger partial charge in [0, 0.05) is 0 Å². The fraction of sp³-hybridized carbons (Fsp3) is 0.200. The topological polar surface area (TPSA) is 0 Å². The molecule has 0 fully saturated rings. The average Bonchev–Trinajstić information content (AvgIpc) is 1.68. The molecule has 0 rings (SSSR count). The standard InChI is InChI=1S/C5H9ClP/c1-4-7(3,6)5-2/h4-5H,1-2H2,3H3/q+1.